The van der Waals surface area contributed by atoms with Crippen LogP contribution in [0.25, 0.3) is 0 Å². The molecule has 1 atom stereocenters. The van der Waals surface area contributed by atoms with E-state index in [1.165, 1.54) is 6.20 Å². The van der Waals surface area contributed by atoms with E-state index in [4.69, 9.17) is 4.74 Å². The van der Waals surface area contributed by atoms with Gasteiger partial charge < -0.3 is 15.0 Å². The highest BCUT2D eigenvalue weighted by Gasteiger charge is 2.32. The van der Waals surface area contributed by atoms with Gasteiger partial charge in [-0.05, 0) is 33.9 Å². The number of hydrogen-bond acceptors (Lipinski definition) is 4. The van der Waals surface area contributed by atoms with Crippen molar-refractivity contribution in [3.8, 4) is 0 Å². The summed E-state index contributed by atoms with van der Waals surface area (Å²) in [6.45, 7) is 8.32. The zero-order chi connectivity index (χ0) is 14.0. The minimum Gasteiger partial charge on any atom is -0.369 e. The third-order valence-electron chi connectivity index (χ3n) is 3.15. The summed E-state index contributed by atoms with van der Waals surface area (Å²) in [6.07, 6.45) is 1.42. The number of nitrogens with one attached hydrogen (secondary N) is 1. The van der Waals surface area contributed by atoms with Crippen molar-refractivity contribution in [3.63, 3.8) is 0 Å². The number of pyridine rings is 1. The number of aromatic nitrogens is 1. The van der Waals surface area contributed by atoms with Crippen LogP contribution in [-0.4, -0.2) is 36.8 Å². The van der Waals surface area contributed by atoms with Crippen molar-refractivity contribution in [2.45, 2.75) is 39.0 Å². The number of morpholine rings is 1. The minimum atomic E-state index is -0.297. The summed E-state index contributed by atoms with van der Waals surface area (Å²) in [5.41, 5.74) is 0.664. The van der Waals surface area contributed by atoms with E-state index < -0.39 is 0 Å². The predicted molar refractivity (Wildman–Crippen MR) is 73.8 cm³/mol. The molecule has 0 amide bonds. The molecule has 1 aromatic rings. The Morgan fingerprint density at radius 1 is 1.58 bits per heavy atom. The van der Waals surface area contributed by atoms with Crippen LogP contribution in [0, 0.1) is 5.82 Å². The maximum atomic E-state index is 13.3. The van der Waals surface area contributed by atoms with Gasteiger partial charge in [-0.2, -0.15) is 0 Å². The second kappa shape index (κ2) is 5.43. The van der Waals surface area contributed by atoms with Crippen LogP contribution in [0.2, 0.25) is 0 Å². The van der Waals surface area contributed by atoms with Gasteiger partial charge in [-0.15, -0.1) is 0 Å². The van der Waals surface area contributed by atoms with Gasteiger partial charge in [0.05, 0.1) is 17.9 Å². The first-order valence-corrected chi connectivity index (χ1v) is 6.63. The Hall–Kier alpha value is -1.20. The lowest BCUT2D eigenvalue weighted by atomic mass is 10.0. The van der Waals surface area contributed by atoms with Crippen molar-refractivity contribution in [1.29, 1.82) is 0 Å². The van der Waals surface area contributed by atoms with E-state index in [-0.39, 0.29) is 17.5 Å². The molecule has 106 valence electrons. The molecular weight excluding hydrogens is 245 g/mol. The SMILES string of the molecule is CNCc1cc(F)cnc1N1CC(C)OC(C)(C)C1. The average molecular weight is 267 g/mol. The molecule has 19 heavy (non-hydrogen) atoms. The molecule has 1 N–H and O–H groups in total. The fourth-order valence-corrected chi connectivity index (χ4v) is 2.69. The number of rotatable bonds is 3. The molecule has 5 heteroatoms. The van der Waals surface area contributed by atoms with Gasteiger partial charge >= 0.3 is 0 Å². The Morgan fingerprint density at radius 3 is 2.95 bits per heavy atom. The van der Waals surface area contributed by atoms with Crippen LogP contribution in [0.5, 0.6) is 0 Å². The van der Waals surface area contributed by atoms with Gasteiger partial charge in [0, 0.05) is 25.2 Å². The zero-order valence-electron chi connectivity index (χ0n) is 12.0. The van der Waals surface area contributed by atoms with Crippen LogP contribution >= 0.6 is 0 Å². The van der Waals surface area contributed by atoms with E-state index in [1.807, 2.05) is 7.05 Å². The van der Waals surface area contributed by atoms with Gasteiger partial charge in [0.25, 0.3) is 0 Å². The fourth-order valence-electron chi connectivity index (χ4n) is 2.69. The zero-order valence-corrected chi connectivity index (χ0v) is 12.0. The summed E-state index contributed by atoms with van der Waals surface area (Å²) in [4.78, 5) is 6.46. The maximum absolute atomic E-state index is 13.3. The lowest BCUT2D eigenvalue weighted by Crippen LogP contribution is -2.52. The van der Waals surface area contributed by atoms with E-state index in [2.05, 4.69) is 36.0 Å². The Morgan fingerprint density at radius 2 is 2.32 bits per heavy atom. The first-order valence-electron chi connectivity index (χ1n) is 6.63. The maximum Gasteiger partial charge on any atom is 0.141 e. The van der Waals surface area contributed by atoms with Crippen LogP contribution in [0.4, 0.5) is 10.2 Å². The fraction of sp³-hybridized carbons (Fsp3) is 0.643. The Labute approximate surface area is 114 Å². The molecule has 1 aliphatic heterocycles. The molecule has 4 nitrogen and oxygen atoms in total. The van der Waals surface area contributed by atoms with E-state index in [0.717, 1.165) is 24.5 Å². The summed E-state index contributed by atoms with van der Waals surface area (Å²) in [6, 6.07) is 1.55. The van der Waals surface area contributed by atoms with E-state index in [9.17, 15) is 4.39 Å². The van der Waals surface area contributed by atoms with Gasteiger partial charge in [0.15, 0.2) is 0 Å². The number of nitrogens with zero attached hydrogens (tertiary/aromatic N) is 2. The van der Waals surface area contributed by atoms with Crippen molar-refractivity contribution >= 4 is 5.82 Å². The third kappa shape index (κ3) is 3.42. The normalized spacial score (nSPS) is 22.6. The predicted octanol–water partition coefficient (Wildman–Crippen LogP) is 1.94. The number of halogens is 1. The first-order chi connectivity index (χ1) is 8.91. The molecule has 2 rings (SSSR count). The summed E-state index contributed by atoms with van der Waals surface area (Å²) in [7, 11) is 1.85. The molecule has 0 radical (unpaired) electrons. The van der Waals surface area contributed by atoms with Crippen molar-refractivity contribution < 1.29 is 9.13 Å². The van der Waals surface area contributed by atoms with Gasteiger partial charge in [0.1, 0.15) is 11.6 Å². The second-order valence-corrected chi connectivity index (χ2v) is 5.74. The quantitative estimate of drug-likeness (QED) is 0.908. The molecule has 1 unspecified atom stereocenters. The van der Waals surface area contributed by atoms with Crippen LogP contribution in [-0.2, 0) is 11.3 Å². The summed E-state index contributed by atoms with van der Waals surface area (Å²) in [5, 5.41) is 3.06. The number of ether oxygens (including phenoxy) is 1. The van der Waals surface area contributed by atoms with Gasteiger partial charge in [0.2, 0.25) is 0 Å². The third-order valence-corrected chi connectivity index (χ3v) is 3.15. The lowest BCUT2D eigenvalue weighted by molar-refractivity contribution is -0.0752. The van der Waals surface area contributed by atoms with Crippen molar-refractivity contribution in [2.24, 2.45) is 0 Å². The van der Waals surface area contributed by atoms with Crippen molar-refractivity contribution in [3.05, 3.63) is 23.6 Å². The molecule has 1 fully saturated rings. The molecule has 2 heterocycles. The highest BCUT2D eigenvalue weighted by Crippen LogP contribution is 2.27. The first kappa shape index (κ1) is 14.2. The van der Waals surface area contributed by atoms with Crippen LogP contribution in [0.15, 0.2) is 12.3 Å². The Kier molecular flexibility index (Phi) is 4.06. The molecule has 0 aromatic carbocycles. The monoisotopic (exact) mass is 267 g/mol. The average Bonchev–Trinajstić information content (AvgIpc) is 2.26. The van der Waals surface area contributed by atoms with Gasteiger partial charge in [-0.3, -0.25) is 0 Å². The topological polar surface area (TPSA) is 37.4 Å². The Balaban J connectivity index is 2.30. The molecule has 1 aliphatic rings. The summed E-state index contributed by atoms with van der Waals surface area (Å²) < 4.78 is 19.2. The second-order valence-electron chi connectivity index (χ2n) is 5.74. The largest absolute Gasteiger partial charge is 0.369 e. The van der Waals surface area contributed by atoms with Crippen LogP contribution in [0.3, 0.4) is 0 Å². The van der Waals surface area contributed by atoms with Gasteiger partial charge in [-0.1, -0.05) is 0 Å². The molecule has 0 aliphatic carbocycles. The van der Waals surface area contributed by atoms with Crippen molar-refractivity contribution in [2.75, 3.05) is 25.0 Å². The number of hydrogen-bond donors (Lipinski definition) is 1. The van der Waals surface area contributed by atoms with E-state index in [0.29, 0.717) is 6.54 Å². The molecule has 0 bridgehead atoms. The summed E-state index contributed by atoms with van der Waals surface area (Å²) in [5.74, 6) is 0.550. The molecule has 0 saturated carbocycles. The standard InChI is InChI=1S/C14H22FN3O/c1-10-8-18(9-14(2,3)19-10)13-11(6-16-4)5-12(15)7-17-13/h5,7,10,16H,6,8-9H2,1-4H3. The molecule has 1 aromatic heterocycles. The van der Waals surface area contributed by atoms with Crippen molar-refractivity contribution in [1.82, 2.24) is 10.3 Å². The van der Waals surface area contributed by atoms with Crippen LogP contribution in [0.1, 0.15) is 26.3 Å². The highest BCUT2D eigenvalue weighted by atomic mass is 19.1. The van der Waals surface area contributed by atoms with Gasteiger partial charge in [-0.25, -0.2) is 9.37 Å². The number of anilines is 1. The van der Waals surface area contributed by atoms with E-state index >= 15 is 0 Å². The van der Waals surface area contributed by atoms with E-state index in [1.54, 1.807) is 6.07 Å². The molecule has 0 spiro atoms. The van der Waals surface area contributed by atoms with Crippen LogP contribution < -0.4 is 10.2 Å². The lowest BCUT2D eigenvalue weighted by Gasteiger charge is -2.42. The smallest absolute Gasteiger partial charge is 0.141 e. The summed E-state index contributed by atoms with van der Waals surface area (Å²) >= 11 is 0. The highest BCUT2D eigenvalue weighted by molar-refractivity contribution is 5.48. The Bertz CT molecular complexity index is 450. The molecular formula is C14H22FN3O. The minimum absolute atomic E-state index is 0.137. The molecule has 1 saturated heterocycles.